The smallest absolute Gasteiger partial charge is 0.229 e. The molecule has 3 heterocycles. The van der Waals surface area contributed by atoms with Crippen LogP contribution in [0.2, 0.25) is 5.02 Å². The van der Waals surface area contributed by atoms with Crippen molar-refractivity contribution in [3.05, 3.63) is 64.4 Å². The van der Waals surface area contributed by atoms with Crippen molar-refractivity contribution in [2.75, 3.05) is 26.3 Å². The lowest BCUT2D eigenvalue weighted by Gasteiger charge is -2.49. The lowest BCUT2D eigenvalue weighted by Crippen LogP contribution is -2.64. The number of nitrogens with one attached hydrogen (secondary N) is 1. The number of amides is 1. The third-order valence-corrected chi connectivity index (χ3v) is 5.87. The topological polar surface area (TPSA) is 54.5 Å². The van der Waals surface area contributed by atoms with Crippen molar-refractivity contribution in [2.24, 2.45) is 5.41 Å². The molecule has 0 bridgehead atoms. The maximum absolute atomic E-state index is 13.2. The zero-order chi connectivity index (χ0) is 19.6. The highest BCUT2D eigenvalue weighted by molar-refractivity contribution is 6.30. The summed E-state index contributed by atoms with van der Waals surface area (Å²) in [6, 6.07) is 12.1. The molecule has 2 saturated heterocycles. The highest BCUT2D eigenvalue weighted by Crippen LogP contribution is 2.36. The van der Waals surface area contributed by atoms with E-state index in [0.29, 0.717) is 18.1 Å². The molecule has 0 spiro atoms. The first-order valence-electron chi connectivity index (χ1n) is 9.79. The maximum Gasteiger partial charge on any atom is 0.229 e. The summed E-state index contributed by atoms with van der Waals surface area (Å²) in [5.41, 5.74) is 2.91. The van der Waals surface area contributed by atoms with Gasteiger partial charge < -0.3 is 10.1 Å². The van der Waals surface area contributed by atoms with Crippen LogP contribution in [-0.2, 0) is 22.5 Å². The van der Waals surface area contributed by atoms with Gasteiger partial charge in [0.25, 0.3) is 0 Å². The fourth-order valence-corrected chi connectivity index (χ4v) is 4.18. The van der Waals surface area contributed by atoms with Crippen LogP contribution >= 0.6 is 11.6 Å². The average Bonchev–Trinajstić information content (AvgIpc) is 3.16. The van der Waals surface area contributed by atoms with Gasteiger partial charge in [-0.1, -0.05) is 29.8 Å². The van der Waals surface area contributed by atoms with Crippen LogP contribution in [0.15, 0.2) is 42.6 Å². The molecule has 2 fully saturated rings. The highest BCUT2D eigenvalue weighted by atomic mass is 35.5. The van der Waals surface area contributed by atoms with Crippen LogP contribution in [0.25, 0.3) is 0 Å². The van der Waals surface area contributed by atoms with Crippen molar-refractivity contribution in [3.8, 4) is 0 Å². The Morgan fingerprint density at radius 1 is 1.29 bits per heavy atom. The van der Waals surface area contributed by atoms with Crippen molar-refractivity contribution < 1.29 is 9.53 Å². The summed E-state index contributed by atoms with van der Waals surface area (Å²) in [4.78, 5) is 20.0. The van der Waals surface area contributed by atoms with E-state index in [2.05, 4.69) is 27.3 Å². The molecule has 2 aromatic rings. The molecule has 28 heavy (non-hydrogen) atoms. The van der Waals surface area contributed by atoms with Crippen LogP contribution in [0.5, 0.6) is 0 Å². The molecule has 0 radical (unpaired) electrons. The molecule has 1 N–H and O–H groups in total. The minimum absolute atomic E-state index is 0.127. The summed E-state index contributed by atoms with van der Waals surface area (Å²) < 4.78 is 5.42. The quantitative estimate of drug-likeness (QED) is 0.811. The number of hydrogen-bond donors (Lipinski definition) is 1. The third kappa shape index (κ3) is 4.37. The summed E-state index contributed by atoms with van der Waals surface area (Å²) in [6.07, 6.45) is 3.49. The Morgan fingerprint density at radius 2 is 2.07 bits per heavy atom. The number of carbonyl (C=O) groups excluding carboxylic acids is 1. The minimum Gasteiger partial charge on any atom is -0.379 e. The van der Waals surface area contributed by atoms with Gasteiger partial charge in [0, 0.05) is 37.5 Å². The Hall–Kier alpha value is -1.95. The number of benzene rings is 1. The van der Waals surface area contributed by atoms with Gasteiger partial charge in [0.15, 0.2) is 0 Å². The number of likely N-dealkylation sites (tertiary alicyclic amines) is 1. The van der Waals surface area contributed by atoms with Crippen LogP contribution < -0.4 is 5.32 Å². The number of hydrogen-bond acceptors (Lipinski definition) is 4. The first-order chi connectivity index (χ1) is 13.5. The van der Waals surface area contributed by atoms with E-state index in [-0.39, 0.29) is 11.9 Å². The zero-order valence-corrected chi connectivity index (χ0v) is 16.9. The van der Waals surface area contributed by atoms with Crippen LogP contribution in [0.1, 0.15) is 23.2 Å². The molecule has 1 aromatic carbocycles. The molecular formula is C22H26ClN3O2. The van der Waals surface area contributed by atoms with Crippen molar-refractivity contribution in [1.82, 2.24) is 15.2 Å². The van der Waals surface area contributed by atoms with Gasteiger partial charge in [-0.05, 0) is 49.1 Å². The number of halogens is 1. The lowest BCUT2D eigenvalue weighted by molar-refractivity contribution is -0.143. The summed E-state index contributed by atoms with van der Waals surface area (Å²) >= 11 is 6.02. The molecule has 0 aliphatic carbocycles. The molecule has 2 aliphatic rings. The fourth-order valence-electron chi connectivity index (χ4n) is 4.06. The molecule has 1 unspecified atom stereocenters. The van der Waals surface area contributed by atoms with Gasteiger partial charge in [0.1, 0.15) is 0 Å². The molecule has 1 amide bonds. The summed E-state index contributed by atoms with van der Waals surface area (Å²) in [5, 5.41) is 3.93. The van der Waals surface area contributed by atoms with Gasteiger partial charge in [-0.3, -0.25) is 14.7 Å². The van der Waals surface area contributed by atoms with Gasteiger partial charge in [-0.25, -0.2) is 0 Å². The first kappa shape index (κ1) is 19.4. The molecular weight excluding hydrogens is 374 g/mol. The summed E-state index contributed by atoms with van der Waals surface area (Å²) in [5.74, 6) is 0.131. The van der Waals surface area contributed by atoms with Crippen molar-refractivity contribution >= 4 is 17.5 Å². The van der Waals surface area contributed by atoms with Crippen LogP contribution in [-0.4, -0.2) is 48.1 Å². The van der Waals surface area contributed by atoms with E-state index < -0.39 is 5.41 Å². The lowest BCUT2D eigenvalue weighted by atomic mass is 9.73. The molecule has 148 valence electrons. The van der Waals surface area contributed by atoms with E-state index in [1.54, 1.807) is 0 Å². The van der Waals surface area contributed by atoms with Crippen molar-refractivity contribution in [3.63, 3.8) is 0 Å². The van der Waals surface area contributed by atoms with Crippen molar-refractivity contribution in [1.29, 1.82) is 0 Å². The molecule has 2 aliphatic heterocycles. The third-order valence-electron chi connectivity index (χ3n) is 5.61. The molecule has 6 heteroatoms. The predicted molar refractivity (Wildman–Crippen MR) is 109 cm³/mol. The number of ether oxygens (including phenoxy) is 1. The Bertz CT molecular complexity index is 811. The maximum atomic E-state index is 13.2. The molecule has 4 rings (SSSR count). The second-order valence-corrected chi connectivity index (χ2v) is 8.53. The van der Waals surface area contributed by atoms with E-state index in [1.807, 2.05) is 37.4 Å². The van der Waals surface area contributed by atoms with Gasteiger partial charge in [-0.15, -0.1) is 0 Å². The molecule has 1 atom stereocenters. The van der Waals surface area contributed by atoms with E-state index in [1.165, 1.54) is 0 Å². The van der Waals surface area contributed by atoms with Gasteiger partial charge in [0.05, 0.1) is 23.8 Å². The second-order valence-electron chi connectivity index (χ2n) is 8.09. The standard InChI is InChI=1S/C22H26ClN3O2/c1-16-2-7-19(24-11-16)12-26-14-22(15-26,10-17-3-5-18(23)6-4-17)21(27)25-20-8-9-28-13-20/h2-7,11,20H,8-10,12-15H2,1H3,(H,25,27). The fraction of sp³-hybridized carbons (Fsp3) is 0.455. The van der Waals surface area contributed by atoms with Gasteiger partial charge >= 0.3 is 0 Å². The molecule has 0 saturated carbocycles. The monoisotopic (exact) mass is 399 g/mol. The Kier molecular flexibility index (Phi) is 5.67. The molecule has 5 nitrogen and oxygen atoms in total. The second kappa shape index (κ2) is 8.19. The summed E-state index contributed by atoms with van der Waals surface area (Å²) in [7, 11) is 0. The number of rotatable bonds is 6. The number of aromatic nitrogens is 1. The molecule has 1 aromatic heterocycles. The number of carbonyl (C=O) groups is 1. The van der Waals surface area contributed by atoms with Gasteiger partial charge in [0.2, 0.25) is 5.91 Å². The van der Waals surface area contributed by atoms with Crippen molar-refractivity contribution in [2.45, 2.75) is 32.4 Å². The summed E-state index contributed by atoms with van der Waals surface area (Å²) in [6.45, 7) is 5.59. The van der Waals surface area contributed by atoms with Gasteiger partial charge in [-0.2, -0.15) is 0 Å². The van der Waals surface area contributed by atoms with E-state index in [0.717, 1.165) is 49.5 Å². The Balaban J connectivity index is 1.45. The predicted octanol–water partition coefficient (Wildman–Crippen LogP) is 2.99. The Labute approximate surface area is 171 Å². The van der Waals surface area contributed by atoms with E-state index >= 15 is 0 Å². The average molecular weight is 400 g/mol. The first-order valence-corrected chi connectivity index (χ1v) is 10.2. The largest absolute Gasteiger partial charge is 0.379 e. The highest BCUT2D eigenvalue weighted by Gasteiger charge is 2.49. The SMILES string of the molecule is Cc1ccc(CN2CC(Cc3ccc(Cl)cc3)(C(=O)NC3CCOC3)C2)nc1. The zero-order valence-electron chi connectivity index (χ0n) is 16.2. The number of nitrogens with zero attached hydrogens (tertiary/aromatic N) is 2. The number of pyridine rings is 1. The van der Waals surface area contributed by atoms with Crippen LogP contribution in [0.4, 0.5) is 0 Å². The van der Waals surface area contributed by atoms with E-state index in [4.69, 9.17) is 16.3 Å². The van der Waals surface area contributed by atoms with Crippen LogP contribution in [0.3, 0.4) is 0 Å². The minimum atomic E-state index is -0.416. The normalized spacial score (nSPS) is 21.3. The number of aryl methyl sites for hydroxylation is 1. The van der Waals surface area contributed by atoms with E-state index in [9.17, 15) is 4.79 Å². The van der Waals surface area contributed by atoms with Crippen LogP contribution in [0, 0.1) is 12.3 Å². The Morgan fingerprint density at radius 3 is 2.71 bits per heavy atom.